The summed E-state index contributed by atoms with van der Waals surface area (Å²) in [7, 11) is 0. The molecule has 1 atom stereocenters. The summed E-state index contributed by atoms with van der Waals surface area (Å²) in [5, 5.41) is 4.07. The van der Waals surface area contributed by atoms with Crippen molar-refractivity contribution in [1.82, 2.24) is 25.0 Å². The molecule has 0 spiro atoms. The number of nitrogen functional groups attached to an aromatic ring is 1. The van der Waals surface area contributed by atoms with E-state index in [0.717, 1.165) is 12.8 Å². The number of amides is 1. The number of carbonyl (C=O) groups excluding carboxylic acids is 1. The van der Waals surface area contributed by atoms with E-state index in [9.17, 15) is 4.79 Å². The van der Waals surface area contributed by atoms with E-state index in [-0.39, 0.29) is 29.3 Å². The lowest BCUT2D eigenvalue weighted by atomic mass is 9.97. The first-order valence-corrected chi connectivity index (χ1v) is 7.75. The van der Waals surface area contributed by atoms with Gasteiger partial charge in [-0.15, -0.1) is 0 Å². The van der Waals surface area contributed by atoms with Crippen molar-refractivity contribution in [3.05, 3.63) is 29.8 Å². The van der Waals surface area contributed by atoms with Gasteiger partial charge in [-0.05, 0) is 12.8 Å². The molecule has 3 rings (SSSR count). The van der Waals surface area contributed by atoms with Crippen LogP contribution >= 0.6 is 0 Å². The van der Waals surface area contributed by atoms with Crippen LogP contribution in [0, 0.1) is 0 Å². The molecule has 1 aliphatic heterocycles. The third-order valence-electron chi connectivity index (χ3n) is 3.95. The lowest BCUT2D eigenvalue weighted by Gasteiger charge is -2.31. The first-order chi connectivity index (χ1) is 11.1. The van der Waals surface area contributed by atoms with Crippen molar-refractivity contribution in [2.24, 2.45) is 0 Å². The predicted molar refractivity (Wildman–Crippen MR) is 82.7 cm³/mol. The van der Waals surface area contributed by atoms with Gasteiger partial charge in [0, 0.05) is 37.3 Å². The number of rotatable bonds is 3. The molecule has 2 aromatic rings. The van der Waals surface area contributed by atoms with E-state index in [4.69, 9.17) is 10.3 Å². The molecular formula is C15H20N6O2. The number of aromatic nitrogens is 4. The van der Waals surface area contributed by atoms with Crippen molar-refractivity contribution in [1.29, 1.82) is 0 Å². The van der Waals surface area contributed by atoms with Gasteiger partial charge in [0.25, 0.3) is 5.91 Å². The molecule has 0 aliphatic carbocycles. The summed E-state index contributed by atoms with van der Waals surface area (Å²) in [5.74, 6) is 1.51. The molecule has 23 heavy (non-hydrogen) atoms. The first kappa shape index (κ1) is 15.4. The lowest BCUT2D eigenvalue weighted by molar-refractivity contribution is 0.0698. The fraction of sp³-hybridized carbons (Fsp3) is 0.533. The van der Waals surface area contributed by atoms with Gasteiger partial charge in [-0.3, -0.25) is 4.79 Å². The minimum Gasteiger partial charge on any atom is -0.382 e. The van der Waals surface area contributed by atoms with Crippen LogP contribution in [0.3, 0.4) is 0 Å². The zero-order chi connectivity index (χ0) is 16.4. The first-order valence-electron chi connectivity index (χ1n) is 7.75. The van der Waals surface area contributed by atoms with Crippen LogP contribution < -0.4 is 5.73 Å². The number of nitrogens with two attached hydrogens (primary N) is 1. The average molecular weight is 316 g/mol. The van der Waals surface area contributed by atoms with Crippen LogP contribution in [0.1, 0.15) is 60.7 Å². The molecule has 1 aliphatic rings. The Morgan fingerprint density at radius 2 is 2.17 bits per heavy atom. The monoisotopic (exact) mass is 316 g/mol. The average Bonchev–Trinajstić information content (AvgIpc) is 3.05. The second-order valence-electron chi connectivity index (χ2n) is 6.03. The highest BCUT2D eigenvalue weighted by Gasteiger charge is 2.30. The molecule has 1 saturated heterocycles. The van der Waals surface area contributed by atoms with Gasteiger partial charge in [-0.2, -0.15) is 4.98 Å². The largest absolute Gasteiger partial charge is 0.382 e. The molecule has 0 unspecified atom stereocenters. The van der Waals surface area contributed by atoms with Crippen LogP contribution in [-0.2, 0) is 0 Å². The van der Waals surface area contributed by atoms with Gasteiger partial charge >= 0.3 is 0 Å². The molecule has 0 bridgehead atoms. The molecule has 0 radical (unpaired) electrons. The van der Waals surface area contributed by atoms with Crippen LogP contribution in [0.25, 0.3) is 0 Å². The van der Waals surface area contributed by atoms with Crippen molar-refractivity contribution in [2.45, 2.75) is 38.5 Å². The predicted octanol–water partition coefficient (Wildman–Crippen LogP) is 1.58. The quantitative estimate of drug-likeness (QED) is 0.915. The lowest BCUT2D eigenvalue weighted by Crippen LogP contribution is -2.40. The van der Waals surface area contributed by atoms with Crippen LogP contribution in [0.4, 0.5) is 5.82 Å². The van der Waals surface area contributed by atoms with Gasteiger partial charge in [0.05, 0.1) is 0 Å². The number of hydrogen-bond acceptors (Lipinski definition) is 7. The van der Waals surface area contributed by atoms with Crippen molar-refractivity contribution in [3.8, 4) is 0 Å². The maximum Gasteiger partial charge on any atom is 0.276 e. The highest BCUT2D eigenvalue weighted by atomic mass is 16.5. The maximum absolute atomic E-state index is 12.6. The van der Waals surface area contributed by atoms with Crippen LogP contribution in [-0.4, -0.2) is 44.0 Å². The molecule has 8 nitrogen and oxygen atoms in total. The molecule has 122 valence electrons. The molecule has 2 aromatic heterocycles. The van der Waals surface area contributed by atoms with E-state index < -0.39 is 0 Å². The Morgan fingerprint density at radius 1 is 1.39 bits per heavy atom. The highest BCUT2D eigenvalue weighted by molar-refractivity contribution is 5.96. The Bertz CT molecular complexity index is 699. The third-order valence-corrected chi connectivity index (χ3v) is 3.95. The number of hydrogen-bond donors (Lipinski definition) is 1. The normalized spacial score (nSPS) is 18.4. The minimum absolute atomic E-state index is 0.0712. The number of nitrogens with zero attached hydrogens (tertiary/aromatic N) is 5. The molecule has 1 fully saturated rings. The minimum atomic E-state index is -0.201. The number of carbonyl (C=O) groups is 1. The van der Waals surface area contributed by atoms with Gasteiger partial charge in [0.1, 0.15) is 0 Å². The van der Waals surface area contributed by atoms with Crippen LogP contribution in [0.2, 0.25) is 0 Å². The topological polar surface area (TPSA) is 111 Å². The molecule has 2 N–H and O–H groups in total. The number of piperidine rings is 1. The van der Waals surface area contributed by atoms with E-state index in [1.165, 1.54) is 12.4 Å². The van der Waals surface area contributed by atoms with Gasteiger partial charge in [0.15, 0.2) is 17.3 Å². The second-order valence-corrected chi connectivity index (χ2v) is 6.03. The van der Waals surface area contributed by atoms with E-state index in [1.807, 2.05) is 13.8 Å². The second kappa shape index (κ2) is 6.31. The smallest absolute Gasteiger partial charge is 0.276 e. The third kappa shape index (κ3) is 3.15. The molecule has 1 amide bonds. The van der Waals surface area contributed by atoms with Crippen molar-refractivity contribution in [2.75, 3.05) is 18.8 Å². The molecule has 3 heterocycles. The van der Waals surface area contributed by atoms with Crippen molar-refractivity contribution in [3.63, 3.8) is 0 Å². The highest BCUT2D eigenvalue weighted by Crippen LogP contribution is 2.27. The summed E-state index contributed by atoms with van der Waals surface area (Å²) in [6.45, 7) is 5.21. The maximum atomic E-state index is 12.6. The fourth-order valence-electron chi connectivity index (χ4n) is 2.68. The molecule has 0 aromatic carbocycles. The summed E-state index contributed by atoms with van der Waals surface area (Å²) >= 11 is 0. The van der Waals surface area contributed by atoms with E-state index >= 15 is 0 Å². The Kier molecular flexibility index (Phi) is 4.22. The van der Waals surface area contributed by atoms with Crippen molar-refractivity contribution < 1.29 is 9.32 Å². The fourth-order valence-corrected chi connectivity index (χ4v) is 2.68. The molecular weight excluding hydrogens is 296 g/mol. The van der Waals surface area contributed by atoms with E-state index in [1.54, 1.807) is 4.90 Å². The number of anilines is 1. The van der Waals surface area contributed by atoms with Gasteiger partial charge < -0.3 is 15.2 Å². The Labute approximate surface area is 134 Å². The summed E-state index contributed by atoms with van der Waals surface area (Å²) in [6.07, 6.45) is 4.75. The zero-order valence-electron chi connectivity index (χ0n) is 13.3. The molecule has 8 heteroatoms. The van der Waals surface area contributed by atoms with Crippen LogP contribution in [0.15, 0.2) is 16.9 Å². The summed E-state index contributed by atoms with van der Waals surface area (Å²) in [6, 6.07) is 0. The van der Waals surface area contributed by atoms with Crippen molar-refractivity contribution >= 4 is 11.7 Å². The summed E-state index contributed by atoms with van der Waals surface area (Å²) in [5.41, 5.74) is 5.95. The van der Waals surface area contributed by atoms with E-state index in [2.05, 4.69) is 20.1 Å². The van der Waals surface area contributed by atoms with Crippen LogP contribution in [0.5, 0.6) is 0 Å². The SMILES string of the molecule is CC(C)c1nc([C@@H]2CCCN(C(=O)c3nccnc3N)C2)no1. The van der Waals surface area contributed by atoms with Gasteiger partial charge in [-0.1, -0.05) is 19.0 Å². The summed E-state index contributed by atoms with van der Waals surface area (Å²) < 4.78 is 5.27. The Balaban J connectivity index is 1.75. The standard InChI is InChI=1S/C15H20N6O2/c1-9(2)14-19-13(20-23-14)10-4-3-7-21(8-10)15(22)11-12(16)18-6-5-17-11/h5-6,9-10H,3-4,7-8H2,1-2H3,(H2,16,18)/t10-/m1/s1. The number of likely N-dealkylation sites (tertiary alicyclic amines) is 1. The molecule has 0 saturated carbocycles. The van der Waals surface area contributed by atoms with Gasteiger partial charge in [-0.25, -0.2) is 9.97 Å². The van der Waals surface area contributed by atoms with Gasteiger partial charge in [0.2, 0.25) is 5.89 Å². The van der Waals surface area contributed by atoms with E-state index in [0.29, 0.717) is 24.8 Å². The Morgan fingerprint density at radius 3 is 2.87 bits per heavy atom. The summed E-state index contributed by atoms with van der Waals surface area (Å²) in [4.78, 5) is 26.7. The zero-order valence-corrected chi connectivity index (χ0v) is 13.3. The Hall–Kier alpha value is -2.51.